The van der Waals surface area contributed by atoms with Gasteiger partial charge in [0.1, 0.15) is 6.10 Å². The van der Waals surface area contributed by atoms with Gasteiger partial charge >= 0.3 is 0 Å². The molecule has 2 heterocycles. The lowest BCUT2D eigenvalue weighted by Crippen LogP contribution is -2.44. The number of hydrogen-bond donors (Lipinski definition) is 1. The van der Waals surface area contributed by atoms with Crippen molar-refractivity contribution in [2.45, 2.75) is 38.1 Å². The van der Waals surface area contributed by atoms with Crippen LogP contribution in [-0.4, -0.2) is 22.9 Å². The normalized spacial score (nSPS) is 55.0. The fourth-order valence-corrected chi connectivity index (χ4v) is 1.88. The van der Waals surface area contributed by atoms with Gasteiger partial charge in [0, 0.05) is 0 Å². The van der Waals surface area contributed by atoms with Crippen molar-refractivity contribution in [3.8, 4) is 0 Å². The van der Waals surface area contributed by atoms with Crippen LogP contribution in [0.2, 0.25) is 0 Å². The predicted molar refractivity (Wildman–Crippen MR) is 42.2 cm³/mol. The molecule has 4 atom stereocenters. The van der Waals surface area contributed by atoms with Gasteiger partial charge in [-0.15, -0.1) is 0 Å². The van der Waals surface area contributed by atoms with E-state index in [2.05, 4.69) is 19.9 Å². The van der Waals surface area contributed by atoms with E-state index in [9.17, 15) is 5.11 Å². The number of rotatable bonds is 0. The second-order valence-corrected chi connectivity index (χ2v) is 3.83. The van der Waals surface area contributed by atoms with E-state index < -0.39 is 0 Å². The van der Waals surface area contributed by atoms with Crippen molar-refractivity contribution in [3.63, 3.8) is 0 Å². The summed E-state index contributed by atoms with van der Waals surface area (Å²) >= 11 is 0. The molecule has 0 amide bonds. The predicted octanol–water partition coefficient (Wildman–Crippen LogP) is 1.10. The highest BCUT2D eigenvalue weighted by molar-refractivity contribution is 5.16. The minimum atomic E-state index is -0.295. The quantitative estimate of drug-likeness (QED) is 0.529. The van der Waals surface area contributed by atoms with Gasteiger partial charge in [0.15, 0.2) is 0 Å². The lowest BCUT2D eigenvalue weighted by Gasteiger charge is -2.38. The van der Waals surface area contributed by atoms with E-state index >= 15 is 0 Å². The zero-order valence-electron chi connectivity index (χ0n) is 6.95. The Balaban J connectivity index is 2.26. The highest BCUT2D eigenvalue weighted by atomic mass is 16.5. The standard InChI is InChI=1S/C9H14O2/c1-6-5-7(10)8-3-4-9(6,2)11-8/h3-4,6-8,10H,5H2,1-2H3. The van der Waals surface area contributed by atoms with Gasteiger partial charge in [-0.05, 0) is 19.3 Å². The molecule has 2 aliphatic heterocycles. The molecule has 0 aromatic heterocycles. The topological polar surface area (TPSA) is 29.5 Å². The Labute approximate surface area is 66.9 Å². The molecule has 0 spiro atoms. The molecule has 2 aliphatic rings. The first-order valence-electron chi connectivity index (χ1n) is 4.17. The summed E-state index contributed by atoms with van der Waals surface area (Å²) in [4.78, 5) is 0. The van der Waals surface area contributed by atoms with Crippen molar-refractivity contribution in [3.05, 3.63) is 12.2 Å². The maximum absolute atomic E-state index is 9.50. The van der Waals surface area contributed by atoms with Gasteiger partial charge < -0.3 is 9.84 Å². The molecular weight excluding hydrogens is 140 g/mol. The van der Waals surface area contributed by atoms with Crippen LogP contribution in [0.4, 0.5) is 0 Å². The monoisotopic (exact) mass is 154 g/mol. The van der Waals surface area contributed by atoms with E-state index in [0.29, 0.717) is 5.92 Å². The zero-order chi connectivity index (χ0) is 8.06. The van der Waals surface area contributed by atoms with Crippen molar-refractivity contribution in [2.24, 2.45) is 5.92 Å². The number of fused-ring (bicyclic) bond motifs is 2. The molecule has 11 heavy (non-hydrogen) atoms. The fourth-order valence-electron chi connectivity index (χ4n) is 1.88. The molecule has 62 valence electrons. The second-order valence-electron chi connectivity index (χ2n) is 3.83. The Bertz CT molecular complexity index is 200. The average molecular weight is 154 g/mol. The van der Waals surface area contributed by atoms with Gasteiger partial charge in [-0.2, -0.15) is 0 Å². The molecule has 0 aliphatic carbocycles. The number of ether oxygens (including phenoxy) is 1. The summed E-state index contributed by atoms with van der Waals surface area (Å²) in [6.45, 7) is 4.20. The van der Waals surface area contributed by atoms with Gasteiger partial charge in [-0.1, -0.05) is 19.1 Å². The van der Waals surface area contributed by atoms with Crippen LogP contribution >= 0.6 is 0 Å². The average Bonchev–Trinajstić information content (AvgIpc) is 2.28. The SMILES string of the molecule is CC1CC(O)C2C=CC1(C)O2. The summed E-state index contributed by atoms with van der Waals surface area (Å²) in [6.07, 6.45) is 4.58. The third-order valence-electron chi connectivity index (χ3n) is 2.96. The van der Waals surface area contributed by atoms with Crippen LogP contribution in [0.1, 0.15) is 20.3 Å². The smallest absolute Gasteiger partial charge is 0.103 e. The van der Waals surface area contributed by atoms with Crippen molar-refractivity contribution in [2.75, 3.05) is 0 Å². The second kappa shape index (κ2) is 2.08. The molecular formula is C9H14O2. The summed E-state index contributed by atoms with van der Waals surface area (Å²) in [6, 6.07) is 0. The highest BCUT2D eigenvalue weighted by Crippen LogP contribution is 2.39. The molecule has 1 N–H and O–H groups in total. The number of hydrogen-bond acceptors (Lipinski definition) is 2. The van der Waals surface area contributed by atoms with Crippen molar-refractivity contribution in [1.29, 1.82) is 0 Å². The Kier molecular flexibility index (Phi) is 1.38. The molecule has 1 fully saturated rings. The van der Waals surface area contributed by atoms with E-state index in [0.717, 1.165) is 6.42 Å². The summed E-state index contributed by atoms with van der Waals surface area (Å²) < 4.78 is 5.65. The third kappa shape index (κ3) is 0.932. The minimum Gasteiger partial charge on any atom is -0.390 e. The Hall–Kier alpha value is -0.340. The highest BCUT2D eigenvalue weighted by Gasteiger charge is 2.44. The Morgan fingerprint density at radius 3 is 3.09 bits per heavy atom. The fraction of sp³-hybridized carbons (Fsp3) is 0.778. The lowest BCUT2D eigenvalue weighted by molar-refractivity contribution is -0.137. The maximum Gasteiger partial charge on any atom is 0.103 e. The summed E-state index contributed by atoms with van der Waals surface area (Å²) in [5, 5.41) is 9.50. The summed E-state index contributed by atoms with van der Waals surface area (Å²) in [5.41, 5.74) is -0.107. The van der Waals surface area contributed by atoms with Crippen LogP contribution in [0.25, 0.3) is 0 Å². The van der Waals surface area contributed by atoms with Crippen molar-refractivity contribution >= 4 is 0 Å². The van der Waals surface area contributed by atoms with Gasteiger partial charge in [0.05, 0.1) is 11.7 Å². The van der Waals surface area contributed by atoms with Gasteiger partial charge in [0.2, 0.25) is 0 Å². The molecule has 0 aromatic rings. The first-order chi connectivity index (χ1) is 5.12. The number of aliphatic hydroxyl groups is 1. The van der Waals surface area contributed by atoms with E-state index in [-0.39, 0.29) is 17.8 Å². The van der Waals surface area contributed by atoms with Crippen LogP contribution in [0.15, 0.2) is 12.2 Å². The van der Waals surface area contributed by atoms with Crippen LogP contribution < -0.4 is 0 Å². The van der Waals surface area contributed by atoms with Crippen LogP contribution in [0, 0.1) is 5.92 Å². The Morgan fingerprint density at radius 1 is 1.64 bits per heavy atom. The van der Waals surface area contributed by atoms with E-state index in [4.69, 9.17) is 4.74 Å². The van der Waals surface area contributed by atoms with E-state index in [1.807, 2.05) is 6.08 Å². The first kappa shape index (κ1) is 7.32. The molecule has 2 bridgehead atoms. The molecule has 0 saturated carbocycles. The molecule has 2 heteroatoms. The van der Waals surface area contributed by atoms with E-state index in [1.54, 1.807) is 0 Å². The molecule has 0 aromatic carbocycles. The lowest BCUT2D eigenvalue weighted by atomic mass is 9.85. The molecule has 2 nitrogen and oxygen atoms in total. The first-order valence-corrected chi connectivity index (χ1v) is 4.17. The van der Waals surface area contributed by atoms with Crippen LogP contribution in [-0.2, 0) is 4.74 Å². The number of aliphatic hydroxyl groups excluding tert-OH is 1. The van der Waals surface area contributed by atoms with Gasteiger partial charge in [0.25, 0.3) is 0 Å². The molecule has 2 rings (SSSR count). The van der Waals surface area contributed by atoms with Crippen molar-refractivity contribution < 1.29 is 9.84 Å². The summed E-state index contributed by atoms with van der Waals surface area (Å²) in [5.74, 6) is 0.424. The third-order valence-corrected chi connectivity index (χ3v) is 2.96. The largest absolute Gasteiger partial charge is 0.390 e. The maximum atomic E-state index is 9.50. The van der Waals surface area contributed by atoms with Crippen LogP contribution in [0.3, 0.4) is 0 Å². The van der Waals surface area contributed by atoms with Gasteiger partial charge in [-0.3, -0.25) is 0 Å². The molecule has 1 saturated heterocycles. The van der Waals surface area contributed by atoms with Crippen molar-refractivity contribution in [1.82, 2.24) is 0 Å². The van der Waals surface area contributed by atoms with Gasteiger partial charge in [-0.25, -0.2) is 0 Å². The minimum absolute atomic E-state index is 0.0452. The van der Waals surface area contributed by atoms with Crippen LogP contribution in [0.5, 0.6) is 0 Å². The Morgan fingerprint density at radius 2 is 2.36 bits per heavy atom. The summed E-state index contributed by atoms with van der Waals surface area (Å²) in [7, 11) is 0. The zero-order valence-corrected chi connectivity index (χ0v) is 6.95. The molecule has 0 radical (unpaired) electrons. The van der Waals surface area contributed by atoms with E-state index in [1.165, 1.54) is 0 Å². The molecule has 4 unspecified atom stereocenters.